The maximum absolute atomic E-state index is 9.38. The molecule has 4 heteroatoms. The molecule has 1 heterocycles. The molecule has 0 saturated carbocycles. The molecule has 1 fully saturated rings. The molecule has 0 aromatic heterocycles. The highest BCUT2D eigenvalue weighted by atomic mass is 32.2. The van der Waals surface area contributed by atoms with Crippen LogP contribution in [-0.2, 0) is 11.3 Å². The highest BCUT2D eigenvalue weighted by Gasteiger charge is 2.25. The van der Waals surface area contributed by atoms with Gasteiger partial charge in [0.25, 0.3) is 0 Å². The first-order valence-electron chi connectivity index (χ1n) is 7.62. The fourth-order valence-electron chi connectivity index (χ4n) is 2.41. The van der Waals surface area contributed by atoms with E-state index >= 15 is 0 Å². The molecule has 0 aliphatic carbocycles. The van der Waals surface area contributed by atoms with Crippen LogP contribution in [0.25, 0.3) is 0 Å². The molecular formula is C17H24N2OS. The van der Waals surface area contributed by atoms with Crippen molar-refractivity contribution in [1.82, 2.24) is 5.32 Å². The fraction of sp³-hybridized carbons (Fsp3) is 0.588. The molecule has 2 unspecified atom stereocenters. The molecule has 21 heavy (non-hydrogen) atoms. The second-order valence-electron chi connectivity index (χ2n) is 5.99. The molecule has 1 aliphatic rings. The standard InChI is InChI=1S/C17H24N2OS/c1-12(2)10-19-11-14-4-5-17(15(8-14)9-18)21-16-6-7-20-13(16)3/h4-5,8,12-13,16,19H,6-7,10-11H2,1-3H3. The van der Waals surface area contributed by atoms with E-state index in [4.69, 9.17) is 4.74 Å². The van der Waals surface area contributed by atoms with Crippen molar-refractivity contribution in [2.45, 2.75) is 50.0 Å². The normalized spacial score (nSPS) is 21.7. The van der Waals surface area contributed by atoms with Gasteiger partial charge in [-0.25, -0.2) is 0 Å². The monoisotopic (exact) mass is 304 g/mol. The Morgan fingerprint density at radius 2 is 2.29 bits per heavy atom. The van der Waals surface area contributed by atoms with Crippen molar-refractivity contribution in [2.24, 2.45) is 5.92 Å². The summed E-state index contributed by atoms with van der Waals surface area (Å²) in [7, 11) is 0. The lowest BCUT2D eigenvalue weighted by molar-refractivity contribution is 0.127. The Balaban J connectivity index is 2.01. The summed E-state index contributed by atoms with van der Waals surface area (Å²) < 4.78 is 5.60. The molecule has 0 radical (unpaired) electrons. The van der Waals surface area contributed by atoms with Crippen LogP contribution < -0.4 is 5.32 Å². The Labute approximate surface area is 132 Å². The van der Waals surface area contributed by atoms with Gasteiger partial charge in [0.2, 0.25) is 0 Å². The zero-order valence-corrected chi connectivity index (χ0v) is 13.9. The van der Waals surface area contributed by atoms with Crippen LogP contribution in [0.4, 0.5) is 0 Å². The van der Waals surface area contributed by atoms with Gasteiger partial charge in [-0.3, -0.25) is 0 Å². The summed E-state index contributed by atoms with van der Waals surface area (Å²) in [6, 6.07) is 8.55. The predicted molar refractivity (Wildman–Crippen MR) is 87.4 cm³/mol. The summed E-state index contributed by atoms with van der Waals surface area (Å²) in [6.07, 6.45) is 1.34. The molecule has 0 spiro atoms. The van der Waals surface area contributed by atoms with Gasteiger partial charge in [-0.05, 0) is 43.5 Å². The Kier molecular flexibility index (Phi) is 6.10. The average Bonchev–Trinajstić information content (AvgIpc) is 2.85. The van der Waals surface area contributed by atoms with E-state index in [1.165, 1.54) is 5.56 Å². The second-order valence-corrected chi connectivity index (χ2v) is 7.27. The quantitative estimate of drug-likeness (QED) is 0.872. The van der Waals surface area contributed by atoms with Crippen molar-refractivity contribution < 1.29 is 4.74 Å². The van der Waals surface area contributed by atoms with Gasteiger partial charge in [0.1, 0.15) is 6.07 Å². The van der Waals surface area contributed by atoms with E-state index in [-0.39, 0.29) is 6.10 Å². The Morgan fingerprint density at radius 3 is 2.90 bits per heavy atom. The van der Waals surface area contributed by atoms with E-state index in [1.807, 2.05) is 6.07 Å². The summed E-state index contributed by atoms with van der Waals surface area (Å²) in [5, 5.41) is 13.3. The molecule has 2 atom stereocenters. The predicted octanol–water partition coefficient (Wildman–Crippen LogP) is 3.57. The van der Waals surface area contributed by atoms with Gasteiger partial charge >= 0.3 is 0 Å². The number of thioether (sulfide) groups is 1. The number of ether oxygens (including phenoxy) is 1. The van der Waals surface area contributed by atoms with Crippen molar-refractivity contribution in [3.63, 3.8) is 0 Å². The molecule has 1 aliphatic heterocycles. The van der Waals surface area contributed by atoms with Crippen LogP contribution in [0.1, 0.15) is 38.3 Å². The molecule has 2 rings (SSSR count). The molecule has 114 valence electrons. The van der Waals surface area contributed by atoms with Crippen LogP contribution in [0.5, 0.6) is 0 Å². The molecular weight excluding hydrogens is 280 g/mol. The third-order valence-electron chi connectivity index (χ3n) is 3.63. The van der Waals surface area contributed by atoms with E-state index in [9.17, 15) is 5.26 Å². The molecule has 1 N–H and O–H groups in total. The number of hydrogen-bond acceptors (Lipinski definition) is 4. The number of nitrogens with zero attached hydrogens (tertiary/aromatic N) is 1. The Bertz CT molecular complexity index is 510. The third kappa shape index (κ3) is 4.74. The van der Waals surface area contributed by atoms with Crippen LogP contribution in [0, 0.1) is 17.2 Å². The molecule has 0 bridgehead atoms. The SMILES string of the molecule is CC(C)CNCc1ccc(SC2CCOC2C)c(C#N)c1. The summed E-state index contributed by atoms with van der Waals surface area (Å²) in [6.45, 7) is 9.14. The number of benzene rings is 1. The maximum Gasteiger partial charge on any atom is 0.100 e. The van der Waals surface area contributed by atoms with Crippen molar-refractivity contribution in [3.05, 3.63) is 29.3 Å². The van der Waals surface area contributed by atoms with E-state index in [1.54, 1.807) is 11.8 Å². The average molecular weight is 304 g/mol. The minimum Gasteiger partial charge on any atom is -0.377 e. The number of hydrogen-bond donors (Lipinski definition) is 1. The van der Waals surface area contributed by atoms with E-state index < -0.39 is 0 Å². The van der Waals surface area contributed by atoms with E-state index in [2.05, 4.69) is 44.3 Å². The van der Waals surface area contributed by atoms with Gasteiger partial charge in [-0.15, -0.1) is 11.8 Å². The smallest absolute Gasteiger partial charge is 0.100 e. The van der Waals surface area contributed by atoms with Gasteiger partial charge in [-0.1, -0.05) is 19.9 Å². The Hall–Kier alpha value is -1.02. The van der Waals surface area contributed by atoms with Gasteiger partial charge in [0.15, 0.2) is 0 Å². The first-order valence-corrected chi connectivity index (χ1v) is 8.50. The summed E-state index contributed by atoms with van der Waals surface area (Å²) in [5.74, 6) is 0.638. The van der Waals surface area contributed by atoms with Crippen LogP contribution in [0.2, 0.25) is 0 Å². The van der Waals surface area contributed by atoms with Crippen molar-refractivity contribution in [1.29, 1.82) is 5.26 Å². The Morgan fingerprint density at radius 1 is 1.48 bits per heavy atom. The lowest BCUT2D eigenvalue weighted by Crippen LogP contribution is -2.19. The highest BCUT2D eigenvalue weighted by Crippen LogP contribution is 2.34. The van der Waals surface area contributed by atoms with Gasteiger partial charge < -0.3 is 10.1 Å². The van der Waals surface area contributed by atoms with Crippen LogP contribution in [-0.4, -0.2) is 24.5 Å². The highest BCUT2D eigenvalue weighted by molar-refractivity contribution is 8.00. The number of nitrogens with one attached hydrogen (secondary N) is 1. The van der Waals surface area contributed by atoms with E-state index in [0.717, 1.165) is 36.6 Å². The van der Waals surface area contributed by atoms with Crippen molar-refractivity contribution in [2.75, 3.05) is 13.2 Å². The zero-order chi connectivity index (χ0) is 15.2. The number of rotatable bonds is 6. The molecule has 1 aromatic rings. The first kappa shape index (κ1) is 16.4. The van der Waals surface area contributed by atoms with Crippen molar-refractivity contribution >= 4 is 11.8 Å². The van der Waals surface area contributed by atoms with Crippen LogP contribution in [0.3, 0.4) is 0 Å². The van der Waals surface area contributed by atoms with Crippen LogP contribution in [0.15, 0.2) is 23.1 Å². The topological polar surface area (TPSA) is 45.0 Å². The largest absolute Gasteiger partial charge is 0.377 e. The first-order chi connectivity index (χ1) is 10.1. The summed E-state index contributed by atoms with van der Waals surface area (Å²) in [5.41, 5.74) is 1.95. The van der Waals surface area contributed by atoms with Crippen LogP contribution >= 0.6 is 11.8 Å². The summed E-state index contributed by atoms with van der Waals surface area (Å²) >= 11 is 1.78. The van der Waals surface area contributed by atoms with E-state index in [0.29, 0.717) is 11.2 Å². The molecule has 1 aromatic carbocycles. The van der Waals surface area contributed by atoms with Crippen molar-refractivity contribution in [3.8, 4) is 6.07 Å². The minimum absolute atomic E-state index is 0.272. The van der Waals surface area contributed by atoms with Gasteiger partial charge in [0, 0.05) is 23.3 Å². The lowest BCUT2D eigenvalue weighted by Gasteiger charge is -2.15. The fourth-order valence-corrected chi connectivity index (χ4v) is 3.60. The second kappa shape index (κ2) is 7.84. The lowest BCUT2D eigenvalue weighted by atomic mass is 10.1. The van der Waals surface area contributed by atoms with Gasteiger partial charge in [0.05, 0.1) is 11.7 Å². The molecule has 3 nitrogen and oxygen atoms in total. The molecule has 0 amide bonds. The zero-order valence-electron chi connectivity index (χ0n) is 13.1. The third-order valence-corrected chi connectivity index (χ3v) is 5.16. The van der Waals surface area contributed by atoms with Gasteiger partial charge in [-0.2, -0.15) is 5.26 Å². The number of nitriles is 1. The summed E-state index contributed by atoms with van der Waals surface area (Å²) in [4.78, 5) is 1.08. The maximum atomic E-state index is 9.38. The minimum atomic E-state index is 0.272. The molecule has 1 saturated heterocycles.